The van der Waals surface area contributed by atoms with E-state index in [1.807, 2.05) is 0 Å². The Morgan fingerprint density at radius 2 is 1.88 bits per heavy atom. The first-order valence-corrected chi connectivity index (χ1v) is 9.72. The molecule has 1 atom stereocenters. The van der Waals surface area contributed by atoms with E-state index in [1.54, 1.807) is 32.0 Å². The van der Waals surface area contributed by atoms with Crippen LogP contribution in [-0.2, 0) is 10.0 Å². The molecule has 0 aliphatic rings. The van der Waals surface area contributed by atoms with Gasteiger partial charge in [-0.1, -0.05) is 12.1 Å². The van der Waals surface area contributed by atoms with Crippen LogP contribution in [0.15, 0.2) is 36.4 Å². The van der Waals surface area contributed by atoms with E-state index < -0.39 is 27.8 Å². The van der Waals surface area contributed by atoms with Gasteiger partial charge in [0.05, 0.1) is 25.1 Å². The molecule has 1 amide bonds. The van der Waals surface area contributed by atoms with Crippen LogP contribution in [0.25, 0.3) is 0 Å². The Bertz CT molecular complexity index is 929. The van der Waals surface area contributed by atoms with E-state index in [-0.39, 0.29) is 5.75 Å². The summed E-state index contributed by atoms with van der Waals surface area (Å²) in [6.07, 6.45) is 1.04. The summed E-state index contributed by atoms with van der Waals surface area (Å²) in [6, 6.07) is 8.73. The predicted molar refractivity (Wildman–Crippen MR) is 98.5 cm³/mol. The zero-order valence-electron chi connectivity index (χ0n) is 15.0. The molecule has 0 aliphatic carbocycles. The van der Waals surface area contributed by atoms with Crippen molar-refractivity contribution in [3.05, 3.63) is 58.9 Å². The third-order valence-corrected chi connectivity index (χ3v) is 4.41. The lowest BCUT2D eigenvalue weighted by Crippen LogP contribution is -2.27. The minimum atomic E-state index is -3.45. The summed E-state index contributed by atoms with van der Waals surface area (Å²) in [5.74, 6) is -0.784. The smallest absolute Gasteiger partial charge is 0.251 e. The van der Waals surface area contributed by atoms with Crippen molar-refractivity contribution in [2.75, 3.05) is 18.1 Å². The van der Waals surface area contributed by atoms with Crippen molar-refractivity contribution in [1.29, 1.82) is 0 Å². The molecular weight excluding hydrogens is 359 g/mol. The van der Waals surface area contributed by atoms with Gasteiger partial charge in [0, 0.05) is 5.56 Å². The van der Waals surface area contributed by atoms with E-state index in [4.69, 9.17) is 4.74 Å². The van der Waals surface area contributed by atoms with Crippen LogP contribution in [-0.4, -0.2) is 27.7 Å². The highest BCUT2D eigenvalue weighted by Gasteiger charge is 2.15. The van der Waals surface area contributed by atoms with Gasteiger partial charge in [0.1, 0.15) is 0 Å². The van der Waals surface area contributed by atoms with E-state index in [0.29, 0.717) is 22.4 Å². The molecule has 2 rings (SSSR count). The minimum absolute atomic E-state index is 0.127. The number of benzene rings is 2. The van der Waals surface area contributed by atoms with Crippen molar-refractivity contribution < 1.29 is 22.3 Å². The molecule has 0 aliphatic heterocycles. The number of ether oxygens (including phenoxy) is 1. The SMILES string of the molecule is COc1ccc([C@@H](C)NC(=O)c2ccc(C)c(NS(C)(=O)=O)c2)cc1F. The van der Waals surface area contributed by atoms with E-state index in [1.165, 1.54) is 25.3 Å². The molecule has 0 bridgehead atoms. The summed E-state index contributed by atoms with van der Waals surface area (Å²) in [5, 5.41) is 2.76. The van der Waals surface area contributed by atoms with Crippen LogP contribution in [0.1, 0.15) is 34.5 Å². The minimum Gasteiger partial charge on any atom is -0.494 e. The Morgan fingerprint density at radius 1 is 1.19 bits per heavy atom. The largest absolute Gasteiger partial charge is 0.494 e. The topological polar surface area (TPSA) is 84.5 Å². The summed E-state index contributed by atoms with van der Waals surface area (Å²) < 4.78 is 43.9. The number of hydrogen-bond acceptors (Lipinski definition) is 4. The fraction of sp³-hybridized carbons (Fsp3) is 0.278. The molecule has 8 heteroatoms. The van der Waals surface area contributed by atoms with Gasteiger partial charge in [0.15, 0.2) is 11.6 Å². The summed E-state index contributed by atoms with van der Waals surface area (Å²) >= 11 is 0. The number of aryl methyl sites for hydroxylation is 1. The number of halogens is 1. The number of nitrogens with one attached hydrogen (secondary N) is 2. The van der Waals surface area contributed by atoms with Gasteiger partial charge in [-0.2, -0.15) is 0 Å². The molecule has 2 aromatic carbocycles. The van der Waals surface area contributed by atoms with Gasteiger partial charge in [-0.15, -0.1) is 0 Å². The first-order valence-electron chi connectivity index (χ1n) is 7.83. The van der Waals surface area contributed by atoms with Crippen LogP contribution in [0.2, 0.25) is 0 Å². The zero-order valence-corrected chi connectivity index (χ0v) is 15.8. The number of methoxy groups -OCH3 is 1. The van der Waals surface area contributed by atoms with Gasteiger partial charge < -0.3 is 10.1 Å². The quantitative estimate of drug-likeness (QED) is 0.807. The molecule has 26 heavy (non-hydrogen) atoms. The first-order chi connectivity index (χ1) is 12.1. The van der Waals surface area contributed by atoms with Crippen LogP contribution in [0, 0.1) is 12.7 Å². The Balaban J connectivity index is 2.19. The number of carbonyl (C=O) groups is 1. The van der Waals surface area contributed by atoms with Gasteiger partial charge in [-0.3, -0.25) is 9.52 Å². The fourth-order valence-electron chi connectivity index (χ4n) is 2.39. The molecular formula is C18H21FN2O4S. The van der Waals surface area contributed by atoms with Gasteiger partial charge in [0.25, 0.3) is 5.91 Å². The van der Waals surface area contributed by atoms with Crippen molar-refractivity contribution in [2.24, 2.45) is 0 Å². The van der Waals surface area contributed by atoms with E-state index >= 15 is 0 Å². The van der Waals surface area contributed by atoms with Gasteiger partial charge in [-0.25, -0.2) is 12.8 Å². The normalized spacial score (nSPS) is 12.3. The Kier molecular flexibility index (Phi) is 5.86. The van der Waals surface area contributed by atoms with Gasteiger partial charge >= 0.3 is 0 Å². The molecule has 0 saturated carbocycles. The van der Waals surface area contributed by atoms with Crippen LogP contribution >= 0.6 is 0 Å². The molecule has 0 spiro atoms. The summed E-state index contributed by atoms with van der Waals surface area (Å²) in [7, 11) is -2.08. The number of rotatable bonds is 6. The standard InChI is InChI=1S/C18H21FN2O4S/c1-11-5-6-14(10-16(11)21-26(4,23)24)18(22)20-12(2)13-7-8-17(25-3)15(19)9-13/h5-10,12,21H,1-4H3,(H,20,22)/t12-/m1/s1. The fourth-order valence-corrected chi connectivity index (χ4v) is 3.01. The Morgan fingerprint density at radius 3 is 2.46 bits per heavy atom. The Labute approximate surface area is 152 Å². The molecule has 0 aromatic heterocycles. The molecule has 0 fully saturated rings. The second-order valence-corrected chi connectivity index (χ2v) is 7.74. The number of hydrogen-bond donors (Lipinski definition) is 2. The summed E-state index contributed by atoms with van der Waals surface area (Å²) in [5.41, 5.74) is 1.90. The highest BCUT2D eigenvalue weighted by molar-refractivity contribution is 7.92. The highest BCUT2D eigenvalue weighted by Crippen LogP contribution is 2.23. The second-order valence-electron chi connectivity index (χ2n) is 5.99. The average Bonchev–Trinajstić information content (AvgIpc) is 2.55. The van der Waals surface area contributed by atoms with Crippen LogP contribution in [0.4, 0.5) is 10.1 Å². The highest BCUT2D eigenvalue weighted by atomic mass is 32.2. The third kappa shape index (κ3) is 4.95. The molecule has 0 radical (unpaired) electrons. The van der Waals surface area contributed by atoms with Gasteiger partial charge in [-0.05, 0) is 49.2 Å². The number of carbonyl (C=O) groups excluding carboxylic acids is 1. The lowest BCUT2D eigenvalue weighted by molar-refractivity contribution is 0.0940. The maximum atomic E-state index is 13.8. The lowest BCUT2D eigenvalue weighted by atomic mass is 10.1. The maximum absolute atomic E-state index is 13.8. The summed E-state index contributed by atoms with van der Waals surface area (Å²) in [6.45, 7) is 3.46. The number of anilines is 1. The molecule has 6 nitrogen and oxygen atoms in total. The Hall–Kier alpha value is -2.61. The van der Waals surface area contributed by atoms with Crippen molar-refractivity contribution in [3.8, 4) is 5.75 Å². The first kappa shape index (κ1) is 19.7. The molecule has 0 unspecified atom stereocenters. The lowest BCUT2D eigenvalue weighted by Gasteiger charge is -2.16. The van der Waals surface area contributed by atoms with E-state index in [0.717, 1.165) is 6.26 Å². The van der Waals surface area contributed by atoms with Crippen molar-refractivity contribution in [3.63, 3.8) is 0 Å². The summed E-state index contributed by atoms with van der Waals surface area (Å²) in [4.78, 5) is 12.5. The van der Waals surface area contributed by atoms with Crippen molar-refractivity contribution in [1.82, 2.24) is 5.32 Å². The molecule has 2 aromatic rings. The molecule has 140 valence electrons. The maximum Gasteiger partial charge on any atom is 0.251 e. The van der Waals surface area contributed by atoms with Crippen molar-refractivity contribution >= 4 is 21.6 Å². The number of amides is 1. The van der Waals surface area contributed by atoms with Crippen LogP contribution < -0.4 is 14.8 Å². The molecule has 0 saturated heterocycles. The second kappa shape index (κ2) is 7.74. The number of sulfonamides is 1. The molecule has 2 N–H and O–H groups in total. The van der Waals surface area contributed by atoms with E-state index in [9.17, 15) is 17.6 Å². The monoisotopic (exact) mass is 380 g/mol. The van der Waals surface area contributed by atoms with E-state index in [2.05, 4.69) is 10.0 Å². The van der Waals surface area contributed by atoms with Gasteiger partial charge in [0.2, 0.25) is 10.0 Å². The predicted octanol–water partition coefficient (Wildman–Crippen LogP) is 3.01. The van der Waals surface area contributed by atoms with Crippen LogP contribution in [0.5, 0.6) is 5.75 Å². The average molecular weight is 380 g/mol. The zero-order chi connectivity index (χ0) is 19.5. The van der Waals surface area contributed by atoms with Crippen LogP contribution in [0.3, 0.4) is 0 Å². The van der Waals surface area contributed by atoms with Crippen molar-refractivity contribution in [2.45, 2.75) is 19.9 Å². The third-order valence-electron chi connectivity index (χ3n) is 3.82. The molecule has 0 heterocycles.